The third-order valence-corrected chi connectivity index (χ3v) is 4.28. The van der Waals surface area contributed by atoms with Gasteiger partial charge in [0.25, 0.3) is 0 Å². The van der Waals surface area contributed by atoms with E-state index in [1.807, 2.05) is 0 Å². The number of rotatable bonds is 12. The Bertz CT molecular complexity index is 729. The molecule has 0 heterocycles. The van der Waals surface area contributed by atoms with Crippen LogP contribution in [-0.4, -0.2) is 133 Å². The maximum Gasteiger partial charge on any atom is 1.00 e. The molecule has 0 aliphatic carbocycles. The summed E-state index contributed by atoms with van der Waals surface area (Å²) in [6.45, 7) is -2.87. The molecule has 0 saturated carbocycles. The molecule has 0 aromatic heterocycles. The van der Waals surface area contributed by atoms with Gasteiger partial charge in [0, 0.05) is 0 Å². The third kappa shape index (κ3) is 40.1. The minimum absolute atomic E-state index is 0. The first-order chi connectivity index (χ1) is 16.3. The van der Waals surface area contributed by atoms with Gasteiger partial charge in [-0.1, -0.05) is 13.0 Å². The van der Waals surface area contributed by atoms with Gasteiger partial charge in [-0.3, -0.25) is 28.8 Å². The van der Waals surface area contributed by atoms with E-state index in [9.17, 15) is 28.8 Å². The van der Waals surface area contributed by atoms with Crippen LogP contribution in [0.15, 0.2) is 0 Å². The van der Waals surface area contributed by atoms with Crippen molar-refractivity contribution in [1.82, 2.24) is 14.7 Å². The van der Waals surface area contributed by atoms with Crippen LogP contribution in [-0.2, 0) is 66.7 Å². The van der Waals surface area contributed by atoms with Crippen molar-refractivity contribution in [2.24, 2.45) is 0 Å². The number of carboxylic acid groups (broad SMARTS) is 6. The summed E-state index contributed by atoms with van der Waals surface area (Å²) in [7, 11) is 0. The monoisotopic (exact) mass is 741 g/mol. The second kappa shape index (κ2) is 31.5. The fraction of sp³-hybridized carbons (Fsp3) is 0.400. The first-order valence-corrected chi connectivity index (χ1v) is 10.9. The zero-order valence-electron chi connectivity index (χ0n) is 20.7. The van der Waals surface area contributed by atoms with Crippen molar-refractivity contribution in [2.45, 2.75) is 0 Å². The largest absolute Gasteiger partial charge is 1.00 e. The van der Waals surface area contributed by atoms with Gasteiger partial charge in [-0.05, 0) is 0 Å². The van der Waals surface area contributed by atoms with Crippen molar-refractivity contribution < 1.29 is 214 Å². The molecule has 0 rings (SSSR count). The van der Waals surface area contributed by atoms with Gasteiger partial charge in [0.1, 0.15) is 39.3 Å². The summed E-state index contributed by atoms with van der Waals surface area (Å²) < 4.78 is -0.459. The Kier molecular flexibility index (Phi) is 43.3. The first kappa shape index (κ1) is 53.6. The number of hydrogen-bond acceptors (Lipinski definition) is 12. The van der Waals surface area contributed by atoms with E-state index < -0.39 is 75.1 Å². The van der Waals surface area contributed by atoms with Gasteiger partial charge in [-0.25, -0.2) is 0 Å². The van der Waals surface area contributed by atoms with Crippen LogP contribution in [0, 0.1) is 0 Å². The van der Waals surface area contributed by atoms with Crippen LogP contribution in [0.2, 0.25) is 0 Å². The molecule has 0 aromatic rings. The van der Waals surface area contributed by atoms with Gasteiger partial charge in [-0.15, -0.1) is 0 Å². The molecule has 0 aromatic carbocycles. The molecule has 0 amide bonds. The second-order valence-corrected chi connectivity index (χ2v) is 8.82. The quantitative estimate of drug-likeness (QED) is 0.0619. The first-order valence-electron chi connectivity index (χ1n) is 8.48. The second-order valence-electron chi connectivity index (χ2n) is 5.73. The molecule has 0 spiro atoms. The molecule has 204 valence electrons. The molecule has 0 saturated heterocycles. The van der Waals surface area contributed by atoms with E-state index in [4.69, 9.17) is 30.6 Å². The minimum atomic E-state index is -1.16. The Morgan fingerprint density at radius 2 is 0.513 bits per heavy atom. The molecule has 0 bridgehead atoms. The van der Waals surface area contributed by atoms with Crippen molar-refractivity contribution in [2.75, 3.05) is 39.3 Å². The molecule has 0 aliphatic heterocycles. The fourth-order valence-corrected chi connectivity index (χ4v) is 2.31. The average Bonchev–Trinajstić information content (AvgIpc) is 2.65. The minimum Gasteiger partial charge on any atom is -0.480 e. The van der Waals surface area contributed by atoms with E-state index in [-0.39, 0.29) is 167 Å². The number of thiocarbonyl (C=S) groups is 3. The Hall–Kier alpha value is 2.06. The van der Waals surface area contributed by atoms with Crippen LogP contribution in [0.1, 0.15) is 0 Å². The molecule has 0 unspecified atom stereocenters. The van der Waals surface area contributed by atoms with Crippen LogP contribution < -0.4 is 154 Å². The Morgan fingerprint density at radius 1 is 0.410 bits per heavy atom. The molecule has 0 fully saturated rings. The molecule has 0 aliphatic rings. The van der Waals surface area contributed by atoms with E-state index in [0.29, 0.717) is 0 Å². The summed E-state index contributed by atoms with van der Waals surface area (Å²) in [5.74, 6) is -6.98. The van der Waals surface area contributed by atoms with Gasteiger partial charge in [-0.2, -0.15) is 0 Å². The van der Waals surface area contributed by atoms with Gasteiger partial charge in [0.05, 0.1) is 0 Å². The van der Waals surface area contributed by atoms with Crippen LogP contribution >= 0.6 is 36.7 Å². The van der Waals surface area contributed by atoms with Crippen molar-refractivity contribution in [1.29, 1.82) is 0 Å². The van der Waals surface area contributed by atoms with Crippen molar-refractivity contribution in [3.05, 3.63) is 0 Å². The van der Waals surface area contributed by atoms with Crippen molar-refractivity contribution >= 4 is 123 Å². The Labute approximate surface area is 382 Å². The smallest absolute Gasteiger partial charge is 0.480 e. The van der Waals surface area contributed by atoms with Crippen LogP contribution in [0.4, 0.5) is 0 Å². The molecule has 0 atom stereocenters. The number of nitrogens with zero attached hydrogens (tertiary/aromatic N) is 3. The van der Waals surface area contributed by atoms with E-state index in [0.717, 1.165) is 14.7 Å². The summed E-state index contributed by atoms with van der Waals surface area (Å²) in [6.07, 6.45) is 0. The topological polar surface area (TPSA) is 234 Å². The summed E-state index contributed by atoms with van der Waals surface area (Å²) in [5.41, 5.74) is 0. The van der Waals surface area contributed by atoms with Gasteiger partial charge in [0.15, 0.2) is 0 Å². The Morgan fingerprint density at radius 3 is 0.564 bits per heavy atom. The van der Waals surface area contributed by atoms with E-state index in [1.54, 1.807) is 0 Å². The molecule has 15 nitrogen and oxygen atoms in total. The summed E-state index contributed by atoms with van der Waals surface area (Å²) in [5, 5.41) is 49.8. The third-order valence-electron chi connectivity index (χ3n) is 2.73. The molecule has 0 radical (unpaired) electrons. The number of hydrogen-bond donors (Lipinski definition) is 6. The normalized spacial score (nSPS) is 8.31. The molecule has 39 heavy (non-hydrogen) atoms. The molecular weight excluding hydrogens is 724 g/mol. The molecule has 24 heteroatoms. The van der Waals surface area contributed by atoms with Crippen molar-refractivity contribution in [3.8, 4) is 0 Å². The predicted octanol–water partition coefficient (Wildman–Crippen LogP) is -11.1. The van der Waals surface area contributed by atoms with E-state index in [1.165, 1.54) is 0 Å². The van der Waals surface area contributed by atoms with E-state index in [2.05, 4.69) is 74.5 Å². The maximum atomic E-state index is 10.2. The summed E-state index contributed by atoms with van der Waals surface area (Å²) in [6, 6.07) is 0. The van der Waals surface area contributed by atoms with Gasteiger partial charge in [0.2, 0.25) is 0 Å². The predicted molar refractivity (Wildman–Crippen MR) is 140 cm³/mol. The van der Waals surface area contributed by atoms with Crippen LogP contribution in [0.3, 0.4) is 0 Å². The number of carboxylic acids is 6. The van der Waals surface area contributed by atoms with Gasteiger partial charge >= 0.3 is 190 Å². The van der Waals surface area contributed by atoms with E-state index >= 15 is 0 Å². The number of carbonyl (C=O) groups is 6. The number of aliphatic carboxylic acids is 6. The van der Waals surface area contributed by atoms with Gasteiger partial charge < -0.3 is 120 Å². The molecular formula is C15H18K3N3O12S6. The van der Waals surface area contributed by atoms with Crippen LogP contribution in [0.5, 0.6) is 0 Å². The zero-order chi connectivity index (χ0) is 29.2. The SMILES string of the molecule is O=C(O)CN(CC(=O)O)C(=S)[S-].O=C(O)CN(CC(=O)O)C(=S)[S-].O=C(O)CN(CC(=O)O)C(=S)[S-].[K+].[K+].[K+]. The average molecular weight is 742 g/mol. The summed E-state index contributed by atoms with van der Waals surface area (Å²) in [4.78, 5) is 63.7. The summed E-state index contributed by atoms with van der Waals surface area (Å²) >= 11 is 26.8. The Balaban J connectivity index is -0.000000101. The fourth-order valence-electron chi connectivity index (χ4n) is 1.53. The molecule has 6 N–H and O–H groups in total. The van der Waals surface area contributed by atoms with Crippen LogP contribution in [0.25, 0.3) is 0 Å². The van der Waals surface area contributed by atoms with Crippen molar-refractivity contribution in [3.63, 3.8) is 0 Å². The zero-order valence-corrected chi connectivity index (χ0v) is 34.9. The maximum absolute atomic E-state index is 10.2. The standard InChI is InChI=1S/3C5H7NO4S2.3K/c3*7-3(8)1-6(5(11)12)2-4(9)10;;;/h3*1-2H2,(H,7,8)(H,9,10)(H,11,12);;;/q;;;3*+1/p-3.